The highest BCUT2D eigenvalue weighted by molar-refractivity contribution is 6.30. The minimum Gasteiger partial charge on any atom is -0.366 e. The Morgan fingerprint density at radius 2 is 1.66 bits per heavy atom. The van der Waals surface area contributed by atoms with Crippen molar-refractivity contribution in [3.05, 3.63) is 93.5 Å². The summed E-state index contributed by atoms with van der Waals surface area (Å²) in [4.78, 5) is 41.6. The molecule has 0 bridgehead atoms. The molecule has 1 aromatic heterocycles. The molecule has 2 aromatic carbocycles. The summed E-state index contributed by atoms with van der Waals surface area (Å²) < 4.78 is 15.9. The predicted octanol–water partition coefficient (Wildman–Crippen LogP) is 3.38. The number of Topliss-reactive ketones (excluding diaryl/α,β-unsaturated/α-hetero) is 1. The number of aromatic nitrogens is 1. The van der Waals surface area contributed by atoms with Crippen LogP contribution < -0.4 is 5.73 Å². The fraction of sp³-hybridized carbons (Fsp3) is 0.269. The molecule has 3 aromatic rings. The van der Waals surface area contributed by atoms with Crippen LogP contribution in [0.2, 0.25) is 5.02 Å². The Morgan fingerprint density at radius 3 is 2.29 bits per heavy atom. The van der Waals surface area contributed by atoms with Crippen LogP contribution in [-0.4, -0.2) is 64.7 Å². The number of carbonyl (C=O) groups excluding carboxylic acids is 3. The van der Waals surface area contributed by atoms with Crippen LogP contribution in [0.25, 0.3) is 0 Å². The number of ketones is 1. The molecule has 2 heterocycles. The number of carbonyl (C=O) groups is 3. The van der Waals surface area contributed by atoms with Crippen molar-refractivity contribution < 1.29 is 18.8 Å². The SMILES string of the molecule is Cc1c(C(N)=O)cc(C(=O)CN2CCN(C(=O)c3ccc(Cl)cc3)CC2)n1Cc1ccccc1F. The van der Waals surface area contributed by atoms with E-state index in [2.05, 4.69) is 0 Å². The van der Waals surface area contributed by atoms with Gasteiger partial charge in [-0.2, -0.15) is 0 Å². The van der Waals surface area contributed by atoms with Gasteiger partial charge in [0.15, 0.2) is 5.78 Å². The quantitative estimate of drug-likeness (QED) is 0.508. The van der Waals surface area contributed by atoms with Crippen LogP contribution >= 0.6 is 11.6 Å². The Hall–Kier alpha value is -3.49. The Bertz CT molecular complexity index is 1260. The van der Waals surface area contributed by atoms with Gasteiger partial charge in [0.2, 0.25) is 0 Å². The van der Waals surface area contributed by atoms with Gasteiger partial charge in [-0.25, -0.2) is 4.39 Å². The third kappa shape index (κ3) is 5.44. The Labute approximate surface area is 207 Å². The highest BCUT2D eigenvalue weighted by atomic mass is 35.5. The summed E-state index contributed by atoms with van der Waals surface area (Å²) in [5.41, 5.74) is 7.55. The van der Waals surface area contributed by atoms with E-state index in [1.807, 2.05) is 4.90 Å². The van der Waals surface area contributed by atoms with Crippen molar-refractivity contribution in [2.24, 2.45) is 5.73 Å². The van der Waals surface area contributed by atoms with Crippen LogP contribution in [0.5, 0.6) is 0 Å². The van der Waals surface area contributed by atoms with E-state index >= 15 is 0 Å². The largest absolute Gasteiger partial charge is 0.366 e. The van der Waals surface area contributed by atoms with Crippen molar-refractivity contribution in [2.45, 2.75) is 13.5 Å². The molecule has 0 aliphatic carbocycles. The van der Waals surface area contributed by atoms with E-state index in [-0.39, 0.29) is 36.2 Å². The van der Waals surface area contributed by atoms with Gasteiger partial charge in [0, 0.05) is 48.0 Å². The van der Waals surface area contributed by atoms with Crippen molar-refractivity contribution >= 4 is 29.2 Å². The Balaban J connectivity index is 1.46. The van der Waals surface area contributed by atoms with Crippen LogP contribution in [0.1, 0.15) is 42.5 Å². The average molecular weight is 497 g/mol. The summed E-state index contributed by atoms with van der Waals surface area (Å²) in [7, 11) is 0. The molecule has 1 fully saturated rings. The fourth-order valence-electron chi connectivity index (χ4n) is 4.29. The molecule has 0 atom stereocenters. The second-order valence-electron chi connectivity index (χ2n) is 8.57. The van der Waals surface area contributed by atoms with E-state index in [0.29, 0.717) is 53.7 Å². The van der Waals surface area contributed by atoms with Gasteiger partial charge in [-0.05, 0) is 43.3 Å². The predicted molar refractivity (Wildman–Crippen MR) is 131 cm³/mol. The third-order valence-electron chi connectivity index (χ3n) is 6.32. The fourth-order valence-corrected chi connectivity index (χ4v) is 4.42. The van der Waals surface area contributed by atoms with Crippen molar-refractivity contribution in [1.82, 2.24) is 14.4 Å². The number of primary amides is 1. The Morgan fingerprint density at radius 1 is 1.00 bits per heavy atom. The number of hydrogen-bond donors (Lipinski definition) is 1. The smallest absolute Gasteiger partial charge is 0.253 e. The third-order valence-corrected chi connectivity index (χ3v) is 6.57. The van der Waals surface area contributed by atoms with E-state index in [1.165, 1.54) is 12.1 Å². The zero-order chi connectivity index (χ0) is 25.1. The molecule has 0 spiro atoms. The van der Waals surface area contributed by atoms with E-state index < -0.39 is 5.91 Å². The average Bonchev–Trinajstić information content (AvgIpc) is 3.17. The molecule has 1 saturated heterocycles. The zero-order valence-electron chi connectivity index (χ0n) is 19.3. The molecule has 9 heteroatoms. The molecule has 0 unspecified atom stereocenters. The normalized spacial score (nSPS) is 14.2. The molecule has 0 radical (unpaired) electrons. The number of nitrogens with two attached hydrogens (primary N) is 1. The standard InChI is InChI=1S/C26H26ClFN4O3/c1-17-21(25(29)34)14-23(32(17)15-19-4-2-3-5-22(19)28)24(33)16-30-10-12-31(13-11-30)26(35)18-6-8-20(27)9-7-18/h2-9,14H,10-13,15-16H2,1H3,(H2,29,34). The van der Waals surface area contributed by atoms with E-state index in [0.717, 1.165) is 0 Å². The number of amides is 2. The van der Waals surface area contributed by atoms with Crippen LogP contribution in [0.3, 0.4) is 0 Å². The maximum atomic E-state index is 14.3. The van der Waals surface area contributed by atoms with Gasteiger partial charge in [-0.1, -0.05) is 29.8 Å². The van der Waals surface area contributed by atoms with Crippen LogP contribution in [-0.2, 0) is 6.54 Å². The number of halogens is 2. The van der Waals surface area contributed by atoms with Crippen molar-refractivity contribution in [2.75, 3.05) is 32.7 Å². The molecule has 0 saturated carbocycles. The van der Waals surface area contributed by atoms with Gasteiger partial charge in [0.1, 0.15) is 5.82 Å². The lowest BCUT2D eigenvalue weighted by atomic mass is 10.1. The highest BCUT2D eigenvalue weighted by Crippen LogP contribution is 2.20. The molecule has 7 nitrogen and oxygen atoms in total. The van der Waals surface area contributed by atoms with Crippen molar-refractivity contribution in [1.29, 1.82) is 0 Å². The van der Waals surface area contributed by atoms with Gasteiger partial charge >= 0.3 is 0 Å². The van der Waals surface area contributed by atoms with Crippen LogP contribution in [0, 0.1) is 12.7 Å². The lowest BCUT2D eigenvalue weighted by molar-refractivity contribution is 0.0623. The highest BCUT2D eigenvalue weighted by Gasteiger charge is 2.26. The first-order valence-corrected chi connectivity index (χ1v) is 11.7. The molecule has 2 amide bonds. The molecule has 182 valence electrons. The van der Waals surface area contributed by atoms with Crippen molar-refractivity contribution in [3.8, 4) is 0 Å². The summed E-state index contributed by atoms with van der Waals surface area (Å²) in [6.45, 7) is 3.94. The van der Waals surface area contributed by atoms with Gasteiger partial charge in [0.25, 0.3) is 11.8 Å². The minimum atomic E-state index is -0.641. The Kier molecular flexibility index (Phi) is 7.33. The lowest BCUT2D eigenvalue weighted by Crippen LogP contribution is -2.50. The summed E-state index contributed by atoms with van der Waals surface area (Å²) in [5, 5.41) is 0.569. The lowest BCUT2D eigenvalue weighted by Gasteiger charge is -2.34. The molecular weight excluding hydrogens is 471 g/mol. The summed E-state index contributed by atoms with van der Waals surface area (Å²) >= 11 is 5.90. The van der Waals surface area contributed by atoms with Gasteiger partial charge in [-0.3, -0.25) is 19.3 Å². The van der Waals surface area contributed by atoms with Gasteiger partial charge in [0.05, 0.1) is 24.3 Å². The van der Waals surface area contributed by atoms with Gasteiger partial charge in [-0.15, -0.1) is 0 Å². The van der Waals surface area contributed by atoms with Crippen molar-refractivity contribution in [3.63, 3.8) is 0 Å². The first kappa shape index (κ1) is 24.6. The number of piperazine rings is 1. The molecule has 4 rings (SSSR count). The first-order chi connectivity index (χ1) is 16.7. The zero-order valence-corrected chi connectivity index (χ0v) is 20.1. The molecular formula is C26H26ClFN4O3. The van der Waals surface area contributed by atoms with E-state index in [1.54, 1.807) is 58.9 Å². The monoisotopic (exact) mass is 496 g/mol. The number of benzene rings is 2. The van der Waals surface area contributed by atoms with Crippen LogP contribution in [0.4, 0.5) is 4.39 Å². The molecule has 2 N–H and O–H groups in total. The van der Waals surface area contributed by atoms with Gasteiger partial charge < -0.3 is 15.2 Å². The summed E-state index contributed by atoms with van der Waals surface area (Å²) in [5.74, 6) is -1.30. The van der Waals surface area contributed by atoms with Crippen LogP contribution in [0.15, 0.2) is 54.6 Å². The number of rotatable bonds is 7. The molecule has 1 aliphatic heterocycles. The second kappa shape index (κ2) is 10.4. The molecule has 1 aliphatic rings. The topological polar surface area (TPSA) is 88.6 Å². The van der Waals surface area contributed by atoms with E-state index in [9.17, 15) is 18.8 Å². The first-order valence-electron chi connectivity index (χ1n) is 11.3. The second-order valence-corrected chi connectivity index (χ2v) is 9.01. The minimum absolute atomic E-state index is 0.0758. The number of nitrogens with zero attached hydrogens (tertiary/aromatic N) is 3. The summed E-state index contributed by atoms with van der Waals surface area (Å²) in [6.07, 6.45) is 0. The molecule has 35 heavy (non-hydrogen) atoms. The maximum Gasteiger partial charge on any atom is 0.253 e. The number of hydrogen-bond acceptors (Lipinski definition) is 4. The maximum absolute atomic E-state index is 14.3. The summed E-state index contributed by atoms with van der Waals surface area (Å²) in [6, 6.07) is 14.6. The van der Waals surface area contributed by atoms with E-state index in [4.69, 9.17) is 17.3 Å².